The van der Waals surface area contributed by atoms with E-state index in [0.717, 1.165) is 31.5 Å². The predicted molar refractivity (Wildman–Crippen MR) is 86.0 cm³/mol. The van der Waals surface area contributed by atoms with Crippen LogP contribution in [-0.4, -0.2) is 34.8 Å². The van der Waals surface area contributed by atoms with E-state index in [1.54, 1.807) is 5.38 Å². The summed E-state index contributed by atoms with van der Waals surface area (Å²) < 4.78 is 0. The van der Waals surface area contributed by atoms with Gasteiger partial charge in [-0.2, -0.15) is 0 Å². The first-order chi connectivity index (χ1) is 10.7. The number of hydrogen-bond donors (Lipinski definition) is 1. The van der Waals surface area contributed by atoms with Crippen molar-refractivity contribution in [3.63, 3.8) is 0 Å². The molecule has 1 aliphatic rings. The zero-order valence-corrected chi connectivity index (χ0v) is 12.9. The van der Waals surface area contributed by atoms with Gasteiger partial charge >= 0.3 is 0 Å². The topological polar surface area (TPSA) is 62.3 Å². The van der Waals surface area contributed by atoms with Gasteiger partial charge in [0.05, 0.1) is 6.42 Å². The molecule has 2 amide bonds. The van der Waals surface area contributed by atoms with E-state index < -0.39 is 0 Å². The van der Waals surface area contributed by atoms with Crippen molar-refractivity contribution in [2.24, 2.45) is 0 Å². The molecule has 1 saturated heterocycles. The van der Waals surface area contributed by atoms with Crippen molar-refractivity contribution in [3.05, 3.63) is 47.0 Å². The third kappa shape index (κ3) is 3.51. The maximum absolute atomic E-state index is 12.2. The zero-order chi connectivity index (χ0) is 15.4. The molecule has 0 unspecified atom stereocenters. The summed E-state index contributed by atoms with van der Waals surface area (Å²) in [5.41, 5.74) is 1.37. The molecule has 6 heteroatoms. The quantitative estimate of drug-likeness (QED) is 0.943. The Morgan fingerprint density at radius 2 is 1.91 bits per heavy atom. The van der Waals surface area contributed by atoms with Gasteiger partial charge in [-0.1, -0.05) is 30.3 Å². The molecule has 1 fully saturated rings. The van der Waals surface area contributed by atoms with Gasteiger partial charge in [0, 0.05) is 18.5 Å². The monoisotopic (exact) mass is 315 g/mol. The van der Waals surface area contributed by atoms with E-state index in [1.807, 2.05) is 35.2 Å². The molecule has 0 radical (unpaired) electrons. The van der Waals surface area contributed by atoms with Crippen LogP contribution in [0.5, 0.6) is 0 Å². The Hall–Kier alpha value is -2.21. The summed E-state index contributed by atoms with van der Waals surface area (Å²) in [4.78, 5) is 30.2. The van der Waals surface area contributed by atoms with E-state index >= 15 is 0 Å². The summed E-state index contributed by atoms with van der Waals surface area (Å²) >= 11 is 1.28. The molecule has 0 aliphatic carbocycles. The number of nitrogens with zero attached hydrogens (tertiary/aromatic N) is 2. The molecule has 114 valence electrons. The van der Waals surface area contributed by atoms with Crippen LogP contribution in [-0.2, 0) is 11.2 Å². The van der Waals surface area contributed by atoms with Crippen molar-refractivity contribution >= 4 is 28.3 Å². The summed E-state index contributed by atoms with van der Waals surface area (Å²) in [6.45, 7) is 1.60. The molecule has 1 aromatic heterocycles. The molecule has 2 heterocycles. The molecule has 22 heavy (non-hydrogen) atoms. The summed E-state index contributed by atoms with van der Waals surface area (Å²) in [5.74, 6) is -0.168. The Labute approximate surface area is 133 Å². The fraction of sp³-hybridized carbons (Fsp3) is 0.312. The highest BCUT2D eigenvalue weighted by Crippen LogP contribution is 2.19. The minimum absolute atomic E-state index is 0.0442. The number of hydrogen-bond acceptors (Lipinski definition) is 4. The molecule has 1 N–H and O–H groups in total. The highest BCUT2D eigenvalue weighted by molar-refractivity contribution is 7.14. The Morgan fingerprint density at radius 3 is 2.64 bits per heavy atom. The van der Waals surface area contributed by atoms with Crippen molar-refractivity contribution in [2.75, 3.05) is 18.4 Å². The highest BCUT2D eigenvalue weighted by atomic mass is 32.1. The van der Waals surface area contributed by atoms with Crippen LogP contribution in [0, 0.1) is 0 Å². The molecule has 5 nitrogen and oxygen atoms in total. The fourth-order valence-electron chi connectivity index (χ4n) is 2.46. The number of benzene rings is 1. The van der Waals surface area contributed by atoms with Crippen molar-refractivity contribution in [3.8, 4) is 0 Å². The van der Waals surface area contributed by atoms with Crippen molar-refractivity contribution < 1.29 is 9.59 Å². The van der Waals surface area contributed by atoms with Crippen molar-refractivity contribution in [1.29, 1.82) is 0 Å². The first-order valence-corrected chi connectivity index (χ1v) is 8.19. The Balaban J connectivity index is 1.59. The highest BCUT2D eigenvalue weighted by Gasteiger charge is 2.22. The Morgan fingerprint density at radius 1 is 1.18 bits per heavy atom. The van der Waals surface area contributed by atoms with Gasteiger partial charge in [-0.15, -0.1) is 11.3 Å². The van der Waals surface area contributed by atoms with Gasteiger partial charge in [0.15, 0.2) is 5.13 Å². The zero-order valence-electron chi connectivity index (χ0n) is 12.1. The van der Waals surface area contributed by atoms with Gasteiger partial charge < -0.3 is 10.2 Å². The Bertz CT molecular complexity index is 663. The molecule has 0 bridgehead atoms. The predicted octanol–water partition coefficient (Wildman–Crippen LogP) is 2.56. The van der Waals surface area contributed by atoms with Gasteiger partial charge in [0.1, 0.15) is 5.69 Å². The molecule has 1 aliphatic heterocycles. The van der Waals surface area contributed by atoms with Gasteiger partial charge in [-0.25, -0.2) is 4.98 Å². The van der Waals surface area contributed by atoms with Gasteiger partial charge in [-0.05, 0) is 18.4 Å². The summed E-state index contributed by atoms with van der Waals surface area (Å²) in [6, 6.07) is 9.53. The van der Waals surface area contributed by atoms with Crippen LogP contribution in [0.15, 0.2) is 35.7 Å². The molecule has 0 spiro atoms. The third-order valence-electron chi connectivity index (χ3n) is 3.57. The first kappa shape index (κ1) is 14.7. The number of nitrogens with one attached hydrogen (secondary N) is 1. The number of aromatic nitrogens is 1. The minimum atomic E-state index is -0.124. The third-order valence-corrected chi connectivity index (χ3v) is 4.33. The molecular weight excluding hydrogens is 298 g/mol. The van der Waals surface area contributed by atoms with Gasteiger partial charge in [-0.3, -0.25) is 9.59 Å². The molecular formula is C16H17N3O2S. The number of rotatable bonds is 4. The van der Waals surface area contributed by atoms with E-state index in [-0.39, 0.29) is 11.8 Å². The molecule has 3 rings (SSSR count). The summed E-state index contributed by atoms with van der Waals surface area (Å²) in [7, 11) is 0. The van der Waals surface area contributed by atoms with E-state index in [4.69, 9.17) is 0 Å². The van der Waals surface area contributed by atoms with Crippen LogP contribution < -0.4 is 5.32 Å². The largest absolute Gasteiger partial charge is 0.337 e. The van der Waals surface area contributed by atoms with Crippen LogP contribution in [0.4, 0.5) is 5.13 Å². The summed E-state index contributed by atoms with van der Waals surface area (Å²) in [6.07, 6.45) is 2.41. The van der Waals surface area contributed by atoms with Crippen molar-refractivity contribution in [1.82, 2.24) is 9.88 Å². The fourth-order valence-corrected chi connectivity index (χ4v) is 3.16. The maximum Gasteiger partial charge on any atom is 0.273 e. The van der Waals surface area contributed by atoms with Gasteiger partial charge in [0.2, 0.25) is 5.91 Å². The van der Waals surface area contributed by atoms with Gasteiger partial charge in [0.25, 0.3) is 5.91 Å². The number of thiazole rings is 1. The normalized spacial score (nSPS) is 14.1. The maximum atomic E-state index is 12.2. The Kier molecular flexibility index (Phi) is 4.48. The smallest absolute Gasteiger partial charge is 0.273 e. The van der Waals surface area contributed by atoms with E-state index in [0.29, 0.717) is 17.2 Å². The molecule has 1 aromatic carbocycles. The number of carbonyl (C=O) groups excluding carboxylic acids is 2. The van der Waals surface area contributed by atoms with E-state index in [1.165, 1.54) is 11.3 Å². The second-order valence-corrected chi connectivity index (χ2v) is 6.11. The average Bonchev–Trinajstić information content (AvgIpc) is 3.19. The minimum Gasteiger partial charge on any atom is -0.337 e. The standard InChI is InChI=1S/C16H17N3O2S/c20-14(10-12-6-2-1-3-7-12)18-16-17-13(11-22-16)15(21)19-8-4-5-9-19/h1-3,6-7,11H,4-5,8-10H2,(H,17,18,20). The summed E-state index contributed by atoms with van der Waals surface area (Å²) in [5, 5.41) is 4.94. The SMILES string of the molecule is O=C(Cc1ccccc1)Nc1nc(C(=O)N2CCCC2)cs1. The van der Waals surface area contributed by atoms with Crippen LogP contribution in [0.2, 0.25) is 0 Å². The average molecular weight is 315 g/mol. The van der Waals surface area contributed by atoms with Crippen LogP contribution in [0.1, 0.15) is 28.9 Å². The molecule has 2 aromatic rings. The number of amides is 2. The van der Waals surface area contributed by atoms with E-state index in [2.05, 4.69) is 10.3 Å². The second-order valence-electron chi connectivity index (χ2n) is 5.25. The first-order valence-electron chi connectivity index (χ1n) is 7.31. The number of likely N-dealkylation sites (tertiary alicyclic amines) is 1. The number of carbonyl (C=O) groups is 2. The molecule has 0 atom stereocenters. The van der Waals surface area contributed by atoms with E-state index in [9.17, 15) is 9.59 Å². The number of anilines is 1. The lowest BCUT2D eigenvalue weighted by atomic mass is 10.1. The lowest BCUT2D eigenvalue weighted by Gasteiger charge is -2.12. The van der Waals surface area contributed by atoms with Crippen LogP contribution in [0.25, 0.3) is 0 Å². The lowest BCUT2D eigenvalue weighted by molar-refractivity contribution is -0.115. The van der Waals surface area contributed by atoms with Crippen LogP contribution in [0.3, 0.4) is 0 Å². The van der Waals surface area contributed by atoms with Crippen molar-refractivity contribution in [2.45, 2.75) is 19.3 Å². The lowest BCUT2D eigenvalue weighted by Crippen LogP contribution is -2.27. The molecule has 0 saturated carbocycles. The second kappa shape index (κ2) is 6.70. The van der Waals surface area contributed by atoms with Crippen LogP contribution >= 0.6 is 11.3 Å².